The van der Waals surface area contributed by atoms with Gasteiger partial charge in [0.15, 0.2) is 24.3 Å². The van der Waals surface area contributed by atoms with E-state index in [1.807, 2.05) is 0 Å². The van der Waals surface area contributed by atoms with E-state index in [1.54, 1.807) is 0 Å². The van der Waals surface area contributed by atoms with Gasteiger partial charge in [-0.3, -0.25) is 4.79 Å². The summed E-state index contributed by atoms with van der Waals surface area (Å²) in [5.41, 5.74) is 8.60. The van der Waals surface area contributed by atoms with E-state index in [0.29, 0.717) is 0 Å². The number of aromatic hydroxyl groups is 1. The predicted molar refractivity (Wildman–Crippen MR) is 70.5 cm³/mol. The van der Waals surface area contributed by atoms with Crippen LogP contribution in [0, 0.1) is 0 Å². The molecule has 0 saturated heterocycles. The van der Waals surface area contributed by atoms with Crippen molar-refractivity contribution in [2.75, 3.05) is 21.0 Å². The molecule has 0 amide bonds. The molecule has 0 radical (unpaired) electrons. The van der Waals surface area contributed by atoms with Crippen molar-refractivity contribution in [3.63, 3.8) is 0 Å². The van der Waals surface area contributed by atoms with Crippen LogP contribution in [0.1, 0.15) is 11.7 Å². The maximum atomic E-state index is 11.5. The van der Waals surface area contributed by atoms with Crippen molar-refractivity contribution in [3.8, 4) is 11.5 Å². The number of azide groups is 1. The van der Waals surface area contributed by atoms with Crippen molar-refractivity contribution in [2.45, 2.75) is 12.1 Å². The minimum atomic E-state index is -1.46. The molecule has 0 aromatic heterocycles. The highest BCUT2D eigenvalue weighted by Gasteiger charge is 2.28. The molecule has 114 valence electrons. The van der Waals surface area contributed by atoms with E-state index in [1.165, 1.54) is 25.3 Å². The molecule has 9 nitrogen and oxygen atoms in total. The highest BCUT2D eigenvalue weighted by atomic mass is 16.7. The van der Waals surface area contributed by atoms with Crippen LogP contribution in [0.25, 0.3) is 10.4 Å². The van der Waals surface area contributed by atoms with Crippen molar-refractivity contribution in [2.24, 2.45) is 5.11 Å². The number of phenolic OH excluding ortho intramolecular Hbond substituents is 1. The van der Waals surface area contributed by atoms with Gasteiger partial charge in [-0.2, -0.15) is 0 Å². The van der Waals surface area contributed by atoms with Crippen molar-refractivity contribution in [1.82, 2.24) is 0 Å². The number of carbonyl (C=O) groups is 1. The molecule has 0 aliphatic rings. The molecule has 0 bridgehead atoms. The smallest absolute Gasteiger partial charge is 0.317 e. The summed E-state index contributed by atoms with van der Waals surface area (Å²) in [4.78, 5) is 14.0. The Balaban J connectivity index is 3.00. The van der Waals surface area contributed by atoms with Gasteiger partial charge in [-0.25, -0.2) is 0 Å². The van der Waals surface area contributed by atoms with Gasteiger partial charge in [0.05, 0.1) is 13.2 Å². The summed E-state index contributed by atoms with van der Waals surface area (Å²) >= 11 is 0. The van der Waals surface area contributed by atoms with Gasteiger partial charge in [-0.05, 0) is 23.2 Å². The van der Waals surface area contributed by atoms with Crippen LogP contribution in [-0.2, 0) is 14.3 Å². The summed E-state index contributed by atoms with van der Waals surface area (Å²) in [6.07, 6.45) is -1.46. The molecule has 1 aromatic rings. The number of benzene rings is 1. The zero-order chi connectivity index (χ0) is 15.8. The van der Waals surface area contributed by atoms with E-state index in [-0.39, 0.29) is 23.9 Å². The lowest BCUT2D eigenvalue weighted by atomic mass is 10.0. The van der Waals surface area contributed by atoms with E-state index in [2.05, 4.69) is 14.8 Å². The average molecular weight is 297 g/mol. The second-order valence-electron chi connectivity index (χ2n) is 3.90. The first-order chi connectivity index (χ1) is 10.0. The fraction of sp³-hybridized carbons (Fsp3) is 0.417. The second kappa shape index (κ2) is 7.95. The summed E-state index contributed by atoms with van der Waals surface area (Å²) < 4.78 is 14.2. The molecule has 9 heteroatoms. The van der Waals surface area contributed by atoms with Crippen molar-refractivity contribution in [1.29, 1.82) is 0 Å². The number of rotatable bonds is 7. The molecule has 0 aliphatic heterocycles. The molecule has 0 unspecified atom stereocenters. The summed E-state index contributed by atoms with van der Waals surface area (Å²) in [6, 6.07) is 2.54. The lowest BCUT2D eigenvalue weighted by Crippen LogP contribution is -2.27. The van der Waals surface area contributed by atoms with E-state index < -0.39 is 18.1 Å². The first-order valence-electron chi connectivity index (χ1n) is 5.79. The fourth-order valence-corrected chi connectivity index (χ4v) is 1.56. The first kappa shape index (κ1) is 16.6. The number of ether oxygens (including phenoxy) is 3. The van der Waals surface area contributed by atoms with E-state index in [4.69, 9.17) is 15.0 Å². The lowest BCUT2D eigenvalue weighted by Gasteiger charge is -2.17. The Bertz CT molecular complexity index is 544. The topological polar surface area (TPSA) is 134 Å². The van der Waals surface area contributed by atoms with Gasteiger partial charge < -0.3 is 24.4 Å². The summed E-state index contributed by atoms with van der Waals surface area (Å²) in [7, 11) is 2.53. The molecule has 0 spiro atoms. The van der Waals surface area contributed by atoms with Crippen LogP contribution >= 0.6 is 0 Å². The number of hydrogen-bond acceptors (Lipinski definition) is 7. The molecule has 2 N–H and O–H groups in total. The Hall–Kier alpha value is -2.48. The maximum absolute atomic E-state index is 11.5. The molecule has 2 atom stereocenters. The Labute approximate surface area is 120 Å². The number of aliphatic hydroxyl groups is 1. The van der Waals surface area contributed by atoms with Gasteiger partial charge in [-0.15, -0.1) is 0 Å². The third-order valence-electron chi connectivity index (χ3n) is 2.57. The quantitative estimate of drug-likeness (QED) is 0.256. The number of hydrogen-bond donors (Lipinski definition) is 2. The molecule has 1 rings (SSSR count). The predicted octanol–water partition coefficient (Wildman–Crippen LogP) is 1.26. The number of nitrogens with zero attached hydrogens (tertiary/aromatic N) is 3. The van der Waals surface area contributed by atoms with Crippen LogP contribution in [-0.4, -0.2) is 43.2 Å². The van der Waals surface area contributed by atoms with Gasteiger partial charge in [0, 0.05) is 12.0 Å². The number of phenols is 1. The number of methoxy groups -OCH3 is 2. The van der Waals surface area contributed by atoms with E-state index >= 15 is 0 Å². The zero-order valence-electron chi connectivity index (χ0n) is 11.5. The normalized spacial score (nSPS) is 12.9. The largest absolute Gasteiger partial charge is 0.504 e. The van der Waals surface area contributed by atoms with Gasteiger partial charge in [0.25, 0.3) is 0 Å². The maximum Gasteiger partial charge on any atom is 0.317 e. The third-order valence-corrected chi connectivity index (χ3v) is 2.57. The van der Waals surface area contributed by atoms with Gasteiger partial charge in [0.2, 0.25) is 0 Å². The minimum Gasteiger partial charge on any atom is -0.504 e. The average Bonchev–Trinajstić information content (AvgIpc) is 2.50. The van der Waals surface area contributed by atoms with Crippen LogP contribution < -0.4 is 4.74 Å². The number of aliphatic hydroxyl groups excluding tert-OH is 1. The lowest BCUT2D eigenvalue weighted by molar-refractivity contribution is -0.144. The van der Waals surface area contributed by atoms with Crippen LogP contribution in [0.3, 0.4) is 0 Å². The van der Waals surface area contributed by atoms with E-state index in [9.17, 15) is 15.0 Å². The number of esters is 1. The Kier molecular flexibility index (Phi) is 6.28. The summed E-state index contributed by atoms with van der Waals surface area (Å²) in [6.45, 7) is -0.0566. The Morgan fingerprint density at radius 2 is 2.19 bits per heavy atom. The van der Waals surface area contributed by atoms with Gasteiger partial charge >= 0.3 is 5.97 Å². The van der Waals surface area contributed by atoms with Crippen LogP contribution in [0.2, 0.25) is 0 Å². The second-order valence-corrected chi connectivity index (χ2v) is 3.90. The highest BCUT2D eigenvalue weighted by molar-refractivity contribution is 5.77. The molecule has 21 heavy (non-hydrogen) atoms. The standard InChI is InChI=1S/C12H15N3O6/c1-19-6-21-9-4-3-7(5-8(9)16)11(17)10(14-15-13)12(18)20-2/h3-5,10-11,16-17H,6H2,1-2H3/t10-,11-/m0/s1. The molecule has 0 heterocycles. The van der Waals surface area contributed by atoms with Crippen LogP contribution in [0.15, 0.2) is 23.3 Å². The van der Waals surface area contributed by atoms with Crippen molar-refractivity contribution in [3.05, 3.63) is 34.2 Å². The molecule has 0 saturated carbocycles. The van der Waals surface area contributed by atoms with Crippen LogP contribution in [0.5, 0.6) is 11.5 Å². The van der Waals surface area contributed by atoms with E-state index in [0.717, 1.165) is 7.11 Å². The van der Waals surface area contributed by atoms with Gasteiger partial charge in [-0.1, -0.05) is 11.2 Å². The Morgan fingerprint density at radius 1 is 1.48 bits per heavy atom. The zero-order valence-corrected chi connectivity index (χ0v) is 11.5. The van der Waals surface area contributed by atoms with Crippen molar-refractivity contribution >= 4 is 5.97 Å². The first-order valence-corrected chi connectivity index (χ1v) is 5.79. The monoisotopic (exact) mass is 297 g/mol. The molecule has 0 aliphatic carbocycles. The van der Waals surface area contributed by atoms with Crippen LogP contribution in [0.4, 0.5) is 0 Å². The molecule has 0 fully saturated rings. The number of carbonyl (C=O) groups excluding carboxylic acids is 1. The minimum absolute atomic E-state index is 0.0566. The Morgan fingerprint density at radius 3 is 2.71 bits per heavy atom. The molecular weight excluding hydrogens is 282 g/mol. The molecular formula is C12H15N3O6. The summed E-state index contributed by atoms with van der Waals surface area (Å²) in [5.74, 6) is -1.00. The fourth-order valence-electron chi connectivity index (χ4n) is 1.56. The molecule has 1 aromatic carbocycles. The summed E-state index contributed by atoms with van der Waals surface area (Å²) in [5, 5.41) is 23.0. The highest BCUT2D eigenvalue weighted by Crippen LogP contribution is 2.31. The SMILES string of the molecule is COCOc1ccc([C@H](O)[C@H](N=[N+]=[N-])C(=O)OC)cc1O. The third kappa shape index (κ3) is 4.25. The van der Waals surface area contributed by atoms with Gasteiger partial charge in [0.1, 0.15) is 0 Å². The van der Waals surface area contributed by atoms with Crippen molar-refractivity contribution < 1.29 is 29.2 Å².